The van der Waals surface area contributed by atoms with Crippen molar-refractivity contribution in [2.45, 2.75) is 18.5 Å². The fourth-order valence-electron chi connectivity index (χ4n) is 3.49. The number of halogens is 1. The van der Waals surface area contributed by atoms with Crippen LogP contribution in [-0.2, 0) is 4.74 Å². The highest BCUT2D eigenvalue weighted by Crippen LogP contribution is 2.21. The molecule has 0 bridgehead atoms. The fourth-order valence-corrected chi connectivity index (χ4v) is 3.49. The molecule has 2 atom stereocenters. The van der Waals surface area contributed by atoms with Gasteiger partial charge >= 0.3 is 0 Å². The summed E-state index contributed by atoms with van der Waals surface area (Å²) in [6.07, 6.45) is 3.61. The normalized spacial score (nSPS) is 18.9. The Kier molecular flexibility index (Phi) is 5.42. The first-order valence-electron chi connectivity index (χ1n) is 9.51. The molecular weight excluding hydrogens is 389 g/mol. The zero-order chi connectivity index (χ0) is 21.3. The molecule has 3 aromatic rings. The summed E-state index contributed by atoms with van der Waals surface area (Å²) in [4.78, 5) is 24.5. The van der Waals surface area contributed by atoms with Crippen LogP contribution in [0.15, 0.2) is 30.6 Å². The van der Waals surface area contributed by atoms with E-state index in [2.05, 4.69) is 25.6 Å². The maximum absolute atomic E-state index is 13.5. The molecule has 1 unspecified atom stereocenters. The molecular formula is C20H22FN7O2. The van der Waals surface area contributed by atoms with Gasteiger partial charge in [0.05, 0.1) is 36.7 Å². The Morgan fingerprint density at radius 2 is 2.20 bits per heavy atom. The molecule has 0 radical (unpaired) electrons. The predicted molar refractivity (Wildman–Crippen MR) is 110 cm³/mol. The van der Waals surface area contributed by atoms with Gasteiger partial charge in [0.1, 0.15) is 17.0 Å². The van der Waals surface area contributed by atoms with E-state index in [9.17, 15) is 9.18 Å². The van der Waals surface area contributed by atoms with Crippen LogP contribution in [0.1, 0.15) is 28.0 Å². The van der Waals surface area contributed by atoms with Crippen molar-refractivity contribution in [1.82, 2.24) is 20.3 Å². The Balaban J connectivity index is 1.63. The van der Waals surface area contributed by atoms with E-state index in [1.165, 1.54) is 30.6 Å². The number of aromatic nitrogens is 3. The van der Waals surface area contributed by atoms with Gasteiger partial charge in [-0.25, -0.2) is 14.4 Å². The zero-order valence-corrected chi connectivity index (χ0v) is 16.3. The summed E-state index contributed by atoms with van der Waals surface area (Å²) in [5, 5.41) is 14.3. The average Bonchev–Trinajstić information content (AvgIpc) is 3.16. The average molecular weight is 411 g/mol. The monoisotopic (exact) mass is 411 g/mol. The number of hydrogen-bond acceptors (Lipinski definition) is 7. The van der Waals surface area contributed by atoms with E-state index < -0.39 is 5.82 Å². The van der Waals surface area contributed by atoms with Crippen molar-refractivity contribution in [1.29, 1.82) is 5.41 Å². The molecule has 1 fully saturated rings. The first kappa shape index (κ1) is 19.9. The van der Waals surface area contributed by atoms with Gasteiger partial charge in [0.15, 0.2) is 5.65 Å². The SMILES string of the molecule is CNc1cc(F)ccc1C(=N)c1cnc2[nH]cc(C(=O)N[C@H]3COCC(N)C3)c2n1. The number of rotatable bonds is 5. The number of benzene rings is 1. The van der Waals surface area contributed by atoms with Crippen LogP contribution in [0.5, 0.6) is 0 Å². The summed E-state index contributed by atoms with van der Waals surface area (Å²) in [7, 11) is 1.65. The maximum Gasteiger partial charge on any atom is 0.255 e. The molecule has 1 aliphatic rings. The molecule has 3 heterocycles. The number of nitrogens with one attached hydrogen (secondary N) is 4. The van der Waals surface area contributed by atoms with Crippen molar-refractivity contribution < 1.29 is 13.9 Å². The van der Waals surface area contributed by atoms with Crippen molar-refractivity contribution in [3.8, 4) is 0 Å². The summed E-state index contributed by atoms with van der Waals surface area (Å²) >= 11 is 0. The van der Waals surface area contributed by atoms with E-state index in [4.69, 9.17) is 15.9 Å². The predicted octanol–water partition coefficient (Wildman–Crippen LogP) is 1.40. The van der Waals surface area contributed by atoms with Crippen LogP contribution in [0.2, 0.25) is 0 Å². The maximum atomic E-state index is 13.5. The van der Waals surface area contributed by atoms with Crippen LogP contribution in [0.25, 0.3) is 11.2 Å². The number of carbonyl (C=O) groups excluding carboxylic acids is 1. The number of amides is 1. The third kappa shape index (κ3) is 3.87. The van der Waals surface area contributed by atoms with E-state index in [1.807, 2.05) is 0 Å². The van der Waals surface area contributed by atoms with Crippen LogP contribution in [0.3, 0.4) is 0 Å². The number of carbonyl (C=O) groups is 1. The first-order chi connectivity index (χ1) is 14.5. The molecule has 6 N–H and O–H groups in total. The van der Waals surface area contributed by atoms with Gasteiger partial charge in [-0.2, -0.15) is 0 Å². The minimum atomic E-state index is -0.409. The molecule has 0 aliphatic carbocycles. The second-order valence-corrected chi connectivity index (χ2v) is 7.17. The lowest BCUT2D eigenvalue weighted by molar-refractivity contribution is 0.0522. The van der Waals surface area contributed by atoms with Crippen LogP contribution in [0, 0.1) is 11.2 Å². The molecule has 2 aromatic heterocycles. The van der Waals surface area contributed by atoms with Crippen molar-refractivity contribution in [2.24, 2.45) is 5.73 Å². The highest BCUT2D eigenvalue weighted by Gasteiger charge is 2.24. The number of ether oxygens (including phenoxy) is 1. The van der Waals surface area contributed by atoms with Crippen molar-refractivity contribution in [2.75, 3.05) is 25.6 Å². The van der Waals surface area contributed by atoms with Gasteiger partial charge in [0, 0.05) is 30.5 Å². The van der Waals surface area contributed by atoms with Crippen LogP contribution >= 0.6 is 0 Å². The van der Waals surface area contributed by atoms with Gasteiger partial charge in [-0.1, -0.05) is 0 Å². The minimum Gasteiger partial charge on any atom is -0.387 e. The Hall–Kier alpha value is -3.37. The molecule has 4 rings (SSSR count). The van der Waals surface area contributed by atoms with Crippen LogP contribution in [0.4, 0.5) is 10.1 Å². The number of fused-ring (bicyclic) bond motifs is 1. The lowest BCUT2D eigenvalue weighted by atomic mass is 10.0. The largest absolute Gasteiger partial charge is 0.387 e. The molecule has 30 heavy (non-hydrogen) atoms. The second kappa shape index (κ2) is 8.17. The summed E-state index contributed by atoms with van der Waals surface area (Å²) in [6, 6.07) is 3.80. The molecule has 1 saturated heterocycles. The van der Waals surface area contributed by atoms with E-state index in [1.54, 1.807) is 7.05 Å². The van der Waals surface area contributed by atoms with Crippen molar-refractivity contribution >= 4 is 28.5 Å². The lowest BCUT2D eigenvalue weighted by Gasteiger charge is -2.27. The van der Waals surface area contributed by atoms with Gasteiger partial charge in [0.2, 0.25) is 0 Å². The molecule has 1 aliphatic heterocycles. The first-order valence-corrected chi connectivity index (χ1v) is 9.51. The van der Waals surface area contributed by atoms with E-state index in [0.717, 1.165) is 0 Å². The molecule has 0 saturated carbocycles. The van der Waals surface area contributed by atoms with Crippen LogP contribution in [-0.4, -0.2) is 58.9 Å². The molecule has 156 valence electrons. The van der Waals surface area contributed by atoms with Gasteiger partial charge in [-0.05, 0) is 24.6 Å². The number of nitrogens with two attached hydrogens (primary N) is 1. The number of H-pyrrole nitrogens is 1. The highest BCUT2D eigenvalue weighted by molar-refractivity contribution is 6.14. The van der Waals surface area contributed by atoms with E-state index in [-0.39, 0.29) is 29.4 Å². The zero-order valence-electron chi connectivity index (χ0n) is 16.3. The standard InChI is InChI=1S/C20H22FN7O2/c1-24-15-4-10(21)2-3-13(15)17(23)16-7-26-19-18(28-16)14(6-25-19)20(29)27-12-5-11(22)8-30-9-12/h2-4,6-7,11-12,23-24H,5,8-9,22H2,1H3,(H,25,26)(H,27,29)/t11?,12-/m1/s1. The fraction of sp³-hybridized carbons (Fsp3) is 0.300. The molecule has 9 nitrogen and oxygen atoms in total. The summed E-state index contributed by atoms with van der Waals surface area (Å²) in [5.41, 5.74) is 8.26. The van der Waals surface area contributed by atoms with E-state index in [0.29, 0.717) is 47.6 Å². The van der Waals surface area contributed by atoms with Crippen molar-refractivity contribution in [3.05, 3.63) is 53.2 Å². The third-order valence-corrected chi connectivity index (χ3v) is 4.98. The second-order valence-electron chi connectivity index (χ2n) is 7.17. The van der Waals surface area contributed by atoms with E-state index >= 15 is 0 Å². The van der Waals surface area contributed by atoms with Gasteiger partial charge in [-0.15, -0.1) is 0 Å². The van der Waals surface area contributed by atoms with Crippen LogP contribution < -0.4 is 16.4 Å². The molecule has 1 amide bonds. The number of hydrogen-bond donors (Lipinski definition) is 5. The smallest absolute Gasteiger partial charge is 0.255 e. The summed E-state index contributed by atoms with van der Waals surface area (Å²) in [6.45, 7) is 0.884. The highest BCUT2D eigenvalue weighted by atomic mass is 19.1. The Morgan fingerprint density at radius 1 is 1.37 bits per heavy atom. The Labute approximate surface area is 171 Å². The topological polar surface area (TPSA) is 142 Å². The van der Waals surface area contributed by atoms with Crippen molar-refractivity contribution in [3.63, 3.8) is 0 Å². The number of aromatic amines is 1. The third-order valence-electron chi connectivity index (χ3n) is 4.98. The number of nitrogens with zero attached hydrogens (tertiary/aromatic N) is 2. The van der Waals surface area contributed by atoms with Gasteiger partial charge < -0.3 is 26.1 Å². The van der Waals surface area contributed by atoms with Gasteiger partial charge in [-0.3, -0.25) is 10.2 Å². The van der Waals surface area contributed by atoms with Gasteiger partial charge in [0.25, 0.3) is 5.91 Å². The number of anilines is 1. The molecule has 10 heteroatoms. The Bertz CT molecular complexity index is 1110. The molecule has 1 aromatic carbocycles. The summed E-state index contributed by atoms with van der Waals surface area (Å²) < 4.78 is 18.9. The minimum absolute atomic E-state index is 0.0629. The lowest BCUT2D eigenvalue weighted by Crippen LogP contribution is -2.47. The Morgan fingerprint density at radius 3 is 2.97 bits per heavy atom. The quantitative estimate of drug-likeness (QED) is 0.402. The summed E-state index contributed by atoms with van der Waals surface area (Å²) in [5.74, 6) is -0.729. The molecule has 0 spiro atoms.